The highest BCUT2D eigenvalue weighted by molar-refractivity contribution is 7.90. The third-order valence-corrected chi connectivity index (χ3v) is 4.88. The molecule has 1 rings (SSSR count). The first-order chi connectivity index (χ1) is 9.35. The molecule has 110 valence electrons. The maximum absolute atomic E-state index is 11.9. The van der Waals surface area contributed by atoms with Gasteiger partial charge in [0.25, 0.3) is 20.2 Å². The van der Waals surface area contributed by atoms with Gasteiger partial charge in [-0.1, -0.05) is 24.3 Å². The van der Waals surface area contributed by atoms with Gasteiger partial charge in [0.05, 0.1) is 13.2 Å². The summed E-state index contributed by atoms with van der Waals surface area (Å²) >= 11 is 0. The summed E-state index contributed by atoms with van der Waals surface area (Å²) in [6.07, 6.45) is 2.48. The lowest BCUT2D eigenvalue weighted by molar-refractivity contribution is 0.347. The van der Waals surface area contributed by atoms with Crippen molar-refractivity contribution in [1.29, 1.82) is 0 Å². The minimum atomic E-state index is -4.22. The van der Waals surface area contributed by atoms with Crippen molar-refractivity contribution in [3.63, 3.8) is 0 Å². The summed E-state index contributed by atoms with van der Waals surface area (Å²) in [6.45, 7) is 6.13. The van der Waals surface area contributed by atoms with Crippen LogP contribution in [0.25, 0.3) is 0 Å². The average Bonchev–Trinajstić information content (AvgIpc) is 2.43. The van der Waals surface area contributed by atoms with E-state index in [1.54, 1.807) is 0 Å². The van der Waals surface area contributed by atoms with Crippen LogP contribution in [0.2, 0.25) is 0 Å². The van der Waals surface area contributed by atoms with Gasteiger partial charge in [-0.15, -0.1) is 13.2 Å². The fraction of sp³-hybridized carbons (Fsp3) is 0.167. The van der Waals surface area contributed by atoms with Crippen molar-refractivity contribution in [2.75, 3.05) is 13.2 Å². The van der Waals surface area contributed by atoms with Crippen LogP contribution in [0.1, 0.15) is 0 Å². The van der Waals surface area contributed by atoms with E-state index in [0.717, 1.165) is 12.1 Å². The van der Waals surface area contributed by atoms with Gasteiger partial charge in [-0.2, -0.15) is 16.8 Å². The van der Waals surface area contributed by atoms with E-state index >= 15 is 0 Å². The van der Waals surface area contributed by atoms with E-state index in [9.17, 15) is 16.8 Å². The van der Waals surface area contributed by atoms with E-state index < -0.39 is 30.0 Å². The van der Waals surface area contributed by atoms with Gasteiger partial charge >= 0.3 is 0 Å². The van der Waals surface area contributed by atoms with Crippen LogP contribution in [-0.4, -0.2) is 30.0 Å². The fourth-order valence-electron chi connectivity index (χ4n) is 1.27. The molecular weight excluding hydrogens is 304 g/mol. The van der Waals surface area contributed by atoms with Gasteiger partial charge in [0.15, 0.2) is 0 Å². The van der Waals surface area contributed by atoms with Crippen molar-refractivity contribution in [2.45, 2.75) is 9.79 Å². The van der Waals surface area contributed by atoms with Gasteiger partial charge in [0.1, 0.15) is 9.79 Å². The van der Waals surface area contributed by atoms with Gasteiger partial charge in [0.2, 0.25) is 0 Å². The Hall–Kier alpha value is -1.48. The molecule has 6 nitrogen and oxygen atoms in total. The molecule has 1 aromatic carbocycles. The Kier molecular flexibility index (Phi) is 5.63. The van der Waals surface area contributed by atoms with Crippen LogP contribution in [-0.2, 0) is 28.6 Å². The van der Waals surface area contributed by atoms with Crippen LogP contribution >= 0.6 is 0 Å². The van der Waals surface area contributed by atoms with Crippen LogP contribution in [0.4, 0.5) is 0 Å². The molecule has 0 atom stereocenters. The second kappa shape index (κ2) is 6.80. The molecule has 0 aromatic heterocycles. The molecule has 8 heteroatoms. The molecule has 0 radical (unpaired) electrons. The molecule has 0 fully saturated rings. The van der Waals surface area contributed by atoms with E-state index in [0.29, 0.717) is 0 Å². The van der Waals surface area contributed by atoms with E-state index in [4.69, 9.17) is 0 Å². The van der Waals surface area contributed by atoms with Gasteiger partial charge in [-0.3, -0.25) is 8.37 Å². The first kappa shape index (κ1) is 16.6. The monoisotopic (exact) mass is 318 g/mol. The topological polar surface area (TPSA) is 86.7 Å². The number of rotatable bonds is 8. The summed E-state index contributed by atoms with van der Waals surface area (Å²) in [5, 5.41) is 0. The van der Waals surface area contributed by atoms with E-state index in [-0.39, 0.29) is 13.2 Å². The maximum Gasteiger partial charge on any atom is 0.298 e. The Balaban J connectivity index is 3.31. The Bertz CT molecular complexity index is 627. The second-order valence-electron chi connectivity index (χ2n) is 3.50. The summed E-state index contributed by atoms with van der Waals surface area (Å²) in [5.41, 5.74) is 0. The van der Waals surface area contributed by atoms with Crippen molar-refractivity contribution in [2.24, 2.45) is 0 Å². The maximum atomic E-state index is 11.9. The minimum absolute atomic E-state index is 0.260. The van der Waals surface area contributed by atoms with Crippen molar-refractivity contribution >= 4 is 20.2 Å². The van der Waals surface area contributed by atoms with Crippen LogP contribution in [0.5, 0.6) is 0 Å². The number of hydrogen-bond donors (Lipinski definition) is 0. The normalized spacial score (nSPS) is 12.0. The molecule has 0 spiro atoms. The summed E-state index contributed by atoms with van der Waals surface area (Å²) < 4.78 is 56.9. The third-order valence-electron chi connectivity index (χ3n) is 2.07. The summed E-state index contributed by atoms with van der Waals surface area (Å²) in [7, 11) is -8.44. The summed E-state index contributed by atoms with van der Waals surface area (Å²) in [6, 6.07) is 5.03. The zero-order valence-corrected chi connectivity index (χ0v) is 12.2. The molecule has 0 saturated carbocycles. The molecular formula is C12H14O6S2. The highest BCUT2D eigenvalue weighted by Crippen LogP contribution is 2.24. The quantitative estimate of drug-likeness (QED) is 0.533. The van der Waals surface area contributed by atoms with Crippen molar-refractivity contribution < 1.29 is 25.2 Å². The predicted molar refractivity (Wildman–Crippen MR) is 73.1 cm³/mol. The molecule has 0 aliphatic rings. The molecule has 0 N–H and O–H groups in total. The Morgan fingerprint density at radius 3 is 1.50 bits per heavy atom. The van der Waals surface area contributed by atoms with E-state index in [1.807, 2.05) is 0 Å². The lowest BCUT2D eigenvalue weighted by Gasteiger charge is -2.10. The minimum Gasteiger partial charge on any atom is -0.262 e. The molecule has 0 unspecified atom stereocenters. The van der Waals surface area contributed by atoms with Gasteiger partial charge in [-0.25, -0.2) is 0 Å². The van der Waals surface area contributed by atoms with Crippen LogP contribution in [0, 0.1) is 0 Å². The lowest BCUT2D eigenvalue weighted by atomic mass is 10.4. The highest BCUT2D eigenvalue weighted by atomic mass is 32.2. The molecule has 0 aliphatic heterocycles. The second-order valence-corrected chi connectivity index (χ2v) is 6.67. The Morgan fingerprint density at radius 1 is 0.850 bits per heavy atom. The molecule has 0 aliphatic carbocycles. The third kappa shape index (κ3) is 4.01. The van der Waals surface area contributed by atoms with Crippen molar-refractivity contribution in [3.8, 4) is 0 Å². The average molecular weight is 318 g/mol. The fourth-order valence-corrected chi connectivity index (χ4v) is 3.80. The SMILES string of the molecule is C=CCOS(=O)(=O)c1ccccc1S(=O)(=O)OCC=C. The van der Waals surface area contributed by atoms with Gasteiger partial charge in [-0.05, 0) is 12.1 Å². The first-order valence-electron chi connectivity index (χ1n) is 5.45. The lowest BCUT2D eigenvalue weighted by Crippen LogP contribution is -2.14. The standard InChI is InChI=1S/C12H14O6S2/c1-3-9-17-19(13,14)11-7-5-6-8-12(11)20(15,16)18-10-4-2/h3-8H,1-2,9-10H2. The number of benzene rings is 1. The largest absolute Gasteiger partial charge is 0.298 e. The zero-order chi connectivity index (χ0) is 15.2. The summed E-state index contributed by atoms with van der Waals surface area (Å²) in [5.74, 6) is 0. The molecule has 0 bridgehead atoms. The van der Waals surface area contributed by atoms with Crippen LogP contribution in [0.3, 0.4) is 0 Å². The van der Waals surface area contributed by atoms with Gasteiger partial charge in [0, 0.05) is 0 Å². The molecule has 0 heterocycles. The smallest absolute Gasteiger partial charge is 0.262 e. The molecule has 1 aromatic rings. The molecule has 0 amide bonds. The molecule has 0 saturated heterocycles. The van der Waals surface area contributed by atoms with Gasteiger partial charge < -0.3 is 0 Å². The van der Waals surface area contributed by atoms with E-state index in [1.165, 1.54) is 24.3 Å². The van der Waals surface area contributed by atoms with Crippen molar-refractivity contribution in [1.82, 2.24) is 0 Å². The zero-order valence-electron chi connectivity index (χ0n) is 10.6. The first-order valence-corrected chi connectivity index (χ1v) is 8.26. The molecule has 20 heavy (non-hydrogen) atoms. The predicted octanol–water partition coefficient (Wildman–Crippen LogP) is 1.47. The van der Waals surface area contributed by atoms with E-state index in [2.05, 4.69) is 21.5 Å². The van der Waals surface area contributed by atoms with Crippen molar-refractivity contribution in [3.05, 3.63) is 49.6 Å². The highest BCUT2D eigenvalue weighted by Gasteiger charge is 2.27. The Morgan fingerprint density at radius 2 is 1.20 bits per heavy atom. The summed E-state index contributed by atoms with van der Waals surface area (Å²) in [4.78, 5) is -0.961. The van der Waals surface area contributed by atoms with Crippen LogP contribution < -0.4 is 0 Å². The van der Waals surface area contributed by atoms with Crippen LogP contribution in [0.15, 0.2) is 59.4 Å². The number of hydrogen-bond acceptors (Lipinski definition) is 6. The Labute approximate surface area is 118 Å².